The van der Waals surface area contributed by atoms with Crippen molar-refractivity contribution in [1.82, 2.24) is 5.32 Å². The first kappa shape index (κ1) is 15.0. The Balaban J connectivity index is 2.38. The molecule has 110 valence electrons. The Labute approximate surface area is 123 Å². The molecule has 1 amide bonds. The Bertz CT molecular complexity index is 668. The molecule has 0 unspecified atom stereocenters. The molecular formula is C17H18FNO2. The third-order valence-electron chi connectivity index (χ3n) is 3.33. The van der Waals surface area contributed by atoms with Crippen LogP contribution in [0.3, 0.4) is 0 Å². The maximum atomic E-state index is 13.4. The zero-order valence-corrected chi connectivity index (χ0v) is 12.1. The average molecular weight is 287 g/mol. The zero-order valence-electron chi connectivity index (χ0n) is 12.1. The average Bonchev–Trinajstić information content (AvgIpc) is 2.42. The van der Waals surface area contributed by atoms with Crippen LogP contribution in [0, 0.1) is 12.7 Å². The van der Waals surface area contributed by atoms with Crippen LogP contribution in [0.5, 0.6) is 5.75 Å². The van der Waals surface area contributed by atoms with Crippen LogP contribution >= 0.6 is 0 Å². The fourth-order valence-electron chi connectivity index (χ4n) is 2.26. The third-order valence-corrected chi connectivity index (χ3v) is 3.33. The Morgan fingerprint density at radius 1 is 1.29 bits per heavy atom. The summed E-state index contributed by atoms with van der Waals surface area (Å²) >= 11 is 0. The van der Waals surface area contributed by atoms with E-state index < -0.39 is 0 Å². The van der Waals surface area contributed by atoms with Crippen LogP contribution in [0.2, 0.25) is 0 Å². The Morgan fingerprint density at radius 2 is 2.05 bits per heavy atom. The van der Waals surface area contributed by atoms with Crippen LogP contribution in [-0.2, 0) is 11.2 Å². The van der Waals surface area contributed by atoms with Gasteiger partial charge in [-0.05, 0) is 53.8 Å². The summed E-state index contributed by atoms with van der Waals surface area (Å²) in [6.07, 6.45) is 0.618. The van der Waals surface area contributed by atoms with Gasteiger partial charge in [-0.1, -0.05) is 18.2 Å². The van der Waals surface area contributed by atoms with Gasteiger partial charge in [0.05, 0.1) is 0 Å². The number of nitrogens with one attached hydrogen (secondary N) is 1. The van der Waals surface area contributed by atoms with Crippen molar-refractivity contribution in [1.29, 1.82) is 0 Å². The van der Waals surface area contributed by atoms with Crippen molar-refractivity contribution in [2.45, 2.75) is 20.3 Å². The number of benzene rings is 2. The van der Waals surface area contributed by atoms with Gasteiger partial charge in [0.2, 0.25) is 5.91 Å². The van der Waals surface area contributed by atoms with E-state index in [0.29, 0.717) is 18.5 Å². The molecule has 0 saturated carbocycles. The van der Waals surface area contributed by atoms with E-state index in [-0.39, 0.29) is 17.5 Å². The maximum Gasteiger partial charge on any atom is 0.216 e. The van der Waals surface area contributed by atoms with Gasteiger partial charge in [-0.15, -0.1) is 0 Å². The molecule has 0 aliphatic heterocycles. The minimum absolute atomic E-state index is 0.0854. The lowest BCUT2D eigenvalue weighted by molar-refractivity contribution is -0.118. The number of amides is 1. The monoisotopic (exact) mass is 287 g/mol. The molecule has 2 aromatic rings. The highest BCUT2D eigenvalue weighted by Gasteiger charge is 2.10. The molecule has 0 heterocycles. The SMILES string of the molecule is CC(=O)NCCc1cc(C)c(O)cc1-c1cccc(F)c1. The maximum absolute atomic E-state index is 13.4. The van der Waals surface area contributed by atoms with Crippen LogP contribution in [0.1, 0.15) is 18.1 Å². The van der Waals surface area contributed by atoms with E-state index in [1.165, 1.54) is 19.1 Å². The Kier molecular flexibility index (Phi) is 4.58. The van der Waals surface area contributed by atoms with E-state index in [4.69, 9.17) is 0 Å². The first-order chi connectivity index (χ1) is 9.97. The van der Waals surface area contributed by atoms with Gasteiger partial charge < -0.3 is 10.4 Å². The van der Waals surface area contributed by atoms with Crippen molar-refractivity contribution >= 4 is 5.91 Å². The van der Waals surface area contributed by atoms with Crippen LogP contribution < -0.4 is 5.32 Å². The minimum Gasteiger partial charge on any atom is -0.508 e. The molecule has 0 aliphatic carbocycles. The molecule has 3 nitrogen and oxygen atoms in total. The fourth-order valence-corrected chi connectivity index (χ4v) is 2.26. The molecule has 0 aliphatic rings. The molecule has 2 rings (SSSR count). The summed E-state index contributed by atoms with van der Waals surface area (Å²) in [5.41, 5.74) is 3.21. The normalized spacial score (nSPS) is 10.4. The van der Waals surface area contributed by atoms with Crippen molar-refractivity contribution in [3.8, 4) is 16.9 Å². The van der Waals surface area contributed by atoms with Crippen molar-refractivity contribution < 1.29 is 14.3 Å². The molecule has 2 N–H and O–H groups in total. The standard InChI is InChI=1S/C17H18FNO2/c1-11-8-14(6-7-19-12(2)20)16(10-17(11)21)13-4-3-5-15(18)9-13/h3-5,8-10,21H,6-7H2,1-2H3,(H,19,20). The summed E-state index contributed by atoms with van der Waals surface area (Å²) in [6, 6.07) is 9.78. The number of halogens is 1. The van der Waals surface area contributed by atoms with E-state index in [2.05, 4.69) is 5.32 Å². The predicted molar refractivity (Wildman–Crippen MR) is 80.6 cm³/mol. The minimum atomic E-state index is -0.319. The van der Waals surface area contributed by atoms with Crippen LogP contribution in [-0.4, -0.2) is 17.6 Å². The molecule has 21 heavy (non-hydrogen) atoms. The molecule has 4 heteroatoms. The zero-order chi connectivity index (χ0) is 15.4. The van der Waals surface area contributed by atoms with Gasteiger partial charge in [-0.3, -0.25) is 4.79 Å². The van der Waals surface area contributed by atoms with Crippen molar-refractivity contribution in [2.24, 2.45) is 0 Å². The molecule has 0 fully saturated rings. The van der Waals surface area contributed by atoms with Crippen LogP contribution in [0.15, 0.2) is 36.4 Å². The van der Waals surface area contributed by atoms with Gasteiger partial charge in [0.1, 0.15) is 11.6 Å². The van der Waals surface area contributed by atoms with E-state index in [1.54, 1.807) is 18.2 Å². The second-order valence-corrected chi connectivity index (χ2v) is 5.04. The Morgan fingerprint density at radius 3 is 2.71 bits per heavy atom. The molecule has 0 atom stereocenters. The van der Waals surface area contributed by atoms with E-state index in [1.807, 2.05) is 13.0 Å². The highest BCUT2D eigenvalue weighted by molar-refractivity contribution is 5.73. The topological polar surface area (TPSA) is 49.3 Å². The number of phenolic OH excluding ortho intramolecular Hbond substituents is 1. The molecular weight excluding hydrogens is 269 g/mol. The lowest BCUT2D eigenvalue weighted by Crippen LogP contribution is -2.22. The summed E-state index contributed by atoms with van der Waals surface area (Å²) in [7, 11) is 0. The molecule has 0 radical (unpaired) electrons. The van der Waals surface area contributed by atoms with Gasteiger partial charge >= 0.3 is 0 Å². The number of phenols is 1. The van der Waals surface area contributed by atoms with E-state index in [9.17, 15) is 14.3 Å². The third kappa shape index (κ3) is 3.81. The number of aromatic hydroxyl groups is 1. The number of hydrogen-bond donors (Lipinski definition) is 2. The number of carbonyl (C=O) groups excluding carboxylic acids is 1. The van der Waals surface area contributed by atoms with Gasteiger partial charge in [-0.2, -0.15) is 0 Å². The lowest BCUT2D eigenvalue weighted by Gasteiger charge is -2.13. The number of hydrogen-bond acceptors (Lipinski definition) is 2. The van der Waals surface area contributed by atoms with Gasteiger partial charge in [0.15, 0.2) is 0 Å². The quantitative estimate of drug-likeness (QED) is 0.907. The van der Waals surface area contributed by atoms with Crippen LogP contribution in [0.4, 0.5) is 4.39 Å². The van der Waals surface area contributed by atoms with Gasteiger partial charge in [0.25, 0.3) is 0 Å². The highest BCUT2D eigenvalue weighted by Crippen LogP contribution is 2.30. The van der Waals surface area contributed by atoms with Crippen molar-refractivity contribution in [3.63, 3.8) is 0 Å². The van der Waals surface area contributed by atoms with Crippen LogP contribution in [0.25, 0.3) is 11.1 Å². The first-order valence-corrected chi connectivity index (χ1v) is 6.80. The number of carbonyl (C=O) groups is 1. The fraction of sp³-hybridized carbons (Fsp3) is 0.235. The summed E-state index contributed by atoms with van der Waals surface area (Å²) < 4.78 is 13.4. The highest BCUT2D eigenvalue weighted by atomic mass is 19.1. The smallest absolute Gasteiger partial charge is 0.216 e. The van der Waals surface area contributed by atoms with Crippen molar-refractivity contribution in [3.05, 3.63) is 53.3 Å². The molecule has 0 saturated heterocycles. The number of rotatable bonds is 4. The molecule has 2 aromatic carbocycles. The predicted octanol–water partition coefficient (Wildman–Crippen LogP) is 3.19. The summed E-state index contributed by atoms with van der Waals surface area (Å²) in [5, 5.41) is 12.6. The van der Waals surface area contributed by atoms with Crippen molar-refractivity contribution in [2.75, 3.05) is 6.54 Å². The largest absolute Gasteiger partial charge is 0.508 e. The van der Waals surface area contributed by atoms with E-state index >= 15 is 0 Å². The summed E-state index contributed by atoms with van der Waals surface area (Å²) in [6.45, 7) is 3.78. The molecule has 0 bridgehead atoms. The Hall–Kier alpha value is -2.36. The van der Waals surface area contributed by atoms with E-state index in [0.717, 1.165) is 16.7 Å². The lowest BCUT2D eigenvalue weighted by atomic mass is 9.95. The summed E-state index contributed by atoms with van der Waals surface area (Å²) in [5.74, 6) is -0.226. The van der Waals surface area contributed by atoms with Gasteiger partial charge in [-0.25, -0.2) is 4.39 Å². The second-order valence-electron chi connectivity index (χ2n) is 5.04. The first-order valence-electron chi connectivity index (χ1n) is 6.80. The second kappa shape index (κ2) is 6.39. The summed E-state index contributed by atoms with van der Waals surface area (Å²) in [4.78, 5) is 11.0. The molecule has 0 aromatic heterocycles. The van der Waals surface area contributed by atoms with Gasteiger partial charge in [0, 0.05) is 13.5 Å². The molecule has 0 spiro atoms. The number of aryl methyl sites for hydroxylation is 1.